The van der Waals surface area contributed by atoms with Gasteiger partial charge in [-0.3, -0.25) is 14.4 Å². The maximum absolute atomic E-state index is 13.4. The van der Waals surface area contributed by atoms with E-state index in [-0.39, 0.29) is 30.2 Å². The summed E-state index contributed by atoms with van der Waals surface area (Å²) < 4.78 is 5.80. The summed E-state index contributed by atoms with van der Waals surface area (Å²) in [6.45, 7) is 1.23. The van der Waals surface area contributed by atoms with E-state index in [9.17, 15) is 14.4 Å². The molecule has 4 rings (SSSR count). The molecule has 0 aromatic heterocycles. The Kier molecular flexibility index (Phi) is 6.54. The van der Waals surface area contributed by atoms with E-state index in [4.69, 9.17) is 4.74 Å². The second kappa shape index (κ2) is 9.68. The molecule has 32 heavy (non-hydrogen) atoms. The Balaban J connectivity index is 1.40. The molecule has 2 aliphatic rings. The van der Waals surface area contributed by atoms with E-state index in [0.717, 1.165) is 5.56 Å². The van der Waals surface area contributed by atoms with E-state index < -0.39 is 6.10 Å². The molecule has 0 aliphatic carbocycles. The molecule has 7 heteroatoms. The first-order chi connectivity index (χ1) is 15.6. The van der Waals surface area contributed by atoms with E-state index in [1.54, 1.807) is 29.0 Å². The number of carbonyl (C=O) groups excluding carboxylic acids is 3. The summed E-state index contributed by atoms with van der Waals surface area (Å²) >= 11 is 0. The highest BCUT2D eigenvalue weighted by atomic mass is 16.5. The molecule has 1 N–H and O–H groups in total. The van der Waals surface area contributed by atoms with Crippen LogP contribution >= 0.6 is 0 Å². The van der Waals surface area contributed by atoms with Gasteiger partial charge < -0.3 is 19.9 Å². The second-order valence-corrected chi connectivity index (χ2v) is 7.98. The summed E-state index contributed by atoms with van der Waals surface area (Å²) in [5.74, 6) is -0.00587. The first kappa shape index (κ1) is 21.6. The Labute approximate surface area is 187 Å². The largest absolute Gasteiger partial charge is 0.477 e. The molecule has 2 heterocycles. The standard InChI is InChI=1S/C25H27N3O4/c1-26-24(30)22-17-28(20-9-5-6-10-21(20)32-22)25(31)19-13-15-27(16-14-19)23(29)12-11-18-7-3-2-4-8-18/h2-12,19,22H,13-17H2,1H3,(H,26,30). The van der Waals surface area contributed by atoms with Crippen molar-refractivity contribution in [3.63, 3.8) is 0 Å². The molecule has 1 atom stereocenters. The summed E-state index contributed by atoms with van der Waals surface area (Å²) in [7, 11) is 1.55. The Hall–Kier alpha value is -3.61. The zero-order valence-corrected chi connectivity index (χ0v) is 18.1. The molecule has 2 aliphatic heterocycles. The van der Waals surface area contributed by atoms with Gasteiger partial charge in [-0.05, 0) is 36.6 Å². The minimum atomic E-state index is -0.747. The summed E-state index contributed by atoms with van der Waals surface area (Å²) in [6, 6.07) is 17.0. The number of para-hydroxylation sites is 2. The van der Waals surface area contributed by atoms with Crippen molar-refractivity contribution in [3.05, 3.63) is 66.2 Å². The van der Waals surface area contributed by atoms with Gasteiger partial charge in [0.05, 0.1) is 12.2 Å². The molecular weight excluding hydrogens is 406 g/mol. The molecule has 0 bridgehead atoms. The average Bonchev–Trinajstić information content (AvgIpc) is 2.86. The van der Waals surface area contributed by atoms with E-state index in [1.165, 1.54) is 0 Å². The van der Waals surface area contributed by atoms with E-state index in [1.807, 2.05) is 54.6 Å². The molecule has 1 saturated heterocycles. The Morgan fingerprint density at radius 3 is 2.41 bits per heavy atom. The lowest BCUT2D eigenvalue weighted by Crippen LogP contribution is -2.52. The number of nitrogens with zero attached hydrogens (tertiary/aromatic N) is 2. The first-order valence-electron chi connectivity index (χ1n) is 10.9. The lowest BCUT2D eigenvalue weighted by molar-refractivity contribution is -0.132. The van der Waals surface area contributed by atoms with Gasteiger partial charge in [0.15, 0.2) is 6.10 Å². The highest BCUT2D eigenvalue weighted by Crippen LogP contribution is 2.35. The van der Waals surface area contributed by atoms with Gasteiger partial charge >= 0.3 is 0 Å². The van der Waals surface area contributed by atoms with Gasteiger partial charge in [0, 0.05) is 32.1 Å². The quantitative estimate of drug-likeness (QED) is 0.752. The molecule has 0 radical (unpaired) electrons. The normalized spacial score (nSPS) is 18.7. The molecule has 0 saturated carbocycles. The third kappa shape index (κ3) is 4.66. The summed E-state index contributed by atoms with van der Waals surface area (Å²) in [6.07, 6.45) is 3.83. The average molecular weight is 434 g/mol. The van der Waals surface area contributed by atoms with Crippen LogP contribution in [0.25, 0.3) is 6.08 Å². The van der Waals surface area contributed by atoms with Crippen LogP contribution < -0.4 is 15.0 Å². The van der Waals surface area contributed by atoms with Gasteiger partial charge in [-0.1, -0.05) is 42.5 Å². The van der Waals surface area contributed by atoms with E-state index in [0.29, 0.717) is 37.4 Å². The monoisotopic (exact) mass is 433 g/mol. The van der Waals surface area contributed by atoms with Crippen LogP contribution in [0.15, 0.2) is 60.7 Å². The lowest BCUT2D eigenvalue weighted by Gasteiger charge is -2.38. The fourth-order valence-electron chi connectivity index (χ4n) is 4.14. The number of likely N-dealkylation sites (tertiary alicyclic amines) is 1. The van der Waals surface area contributed by atoms with Crippen molar-refractivity contribution in [3.8, 4) is 5.75 Å². The molecule has 0 spiro atoms. The van der Waals surface area contributed by atoms with Crippen LogP contribution in [0.3, 0.4) is 0 Å². The van der Waals surface area contributed by atoms with Crippen molar-refractivity contribution in [1.29, 1.82) is 0 Å². The van der Waals surface area contributed by atoms with Crippen molar-refractivity contribution >= 4 is 29.5 Å². The highest BCUT2D eigenvalue weighted by molar-refractivity contribution is 5.99. The number of rotatable bonds is 4. The van der Waals surface area contributed by atoms with Gasteiger partial charge in [-0.25, -0.2) is 0 Å². The Morgan fingerprint density at radius 2 is 1.69 bits per heavy atom. The number of amides is 3. The van der Waals surface area contributed by atoms with Crippen LogP contribution in [0.5, 0.6) is 5.75 Å². The summed E-state index contributed by atoms with van der Waals surface area (Å²) in [5, 5.41) is 2.59. The van der Waals surface area contributed by atoms with Crippen LogP contribution in [0.1, 0.15) is 18.4 Å². The van der Waals surface area contributed by atoms with Crippen molar-refractivity contribution in [1.82, 2.24) is 10.2 Å². The van der Waals surface area contributed by atoms with Gasteiger partial charge in [-0.15, -0.1) is 0 Å². The van der Waals surface area contributed by atoms with Gasteiger partial charge in [0.25, 0.3) is 5.91 Å². The van der Waals surface area contributed by atoms with E-state index in [2.05, 4.69) is 5.32 Å². The van der Waals surface area contributed by atoms with Gasteiger partial charge in [0.2, 0.25) is 11.8 Å². The molecule has 7 nitrogen and oxygen atoms in total. The number of hydrogen-bond acceptors (Lipinski definition) is 4. The van der Waals surface area contributed by atoms with Crippen LogP contribution in [0.2, 0.25) is 0 Å². The number of hydrogen-bond donors (Lipinski definition) is 1. The number of ether oxygens (including phenoxy) is 1. The maximum Gasteiger partial charge on any atom is 0.262 e. The Morgan fingerprint density at radius 1 is 1.00 bits per heavy atom. The number of likely N-dealkylation sites (N-methyl/N-ethyl adjacent to an activating group) is 1. The van der Waals surface area contributed by atoms with Crippen LogP contribution in [0.4, 0.5) is 5.69 Å². The minimum Gasteiger partial charge on any atom is -0.477 e. The van der Waals surface area contributed by atoms with Crippen LogP contribution in [-0.2, 0) is 14.4 Å². The molecule has 2 aromatic carbocycles. The molecule has 3 amide bonds. The number of fused-ring (bicyclic) bond motifs is 1. The topological polar surface area (TPSA) is 79.0 Å². The lowest BCUT2D eigenvalue weighted by atomic mass is 9.94. The number of carbonyl (C=O) groups is 3. The molecular formula is C25H27N3O4. The zero-order valence-electron chi connectivity index (χ0n) is 18.1. The SMILES string of the molecule is CNC(=O)C1CN(C(=O)C2CCN(C(=O)C=Cc3ccccc3)CC2)c2ccccc2O1. The molecule has 166 valence electrons. The molecule has 1 fully saturated rings. The van der Waals surface area contributed by atoms with E-state index >= 15 is 0 Å². The number of nitrogens with one attached hydrogen (secondary N) is 1. The van der Waals surface area contributed by atoms with Crippen molar-refractivity contribution in [2.75, 3.05) is 31.6 Å². The maximum atomic E-state index is 13.4. The predicted molar refractivity (Wildman–Crippen MR) is 122 cm³/mol. The van der Waals surface area contributed by atoms with Crippen molar-refractivity contribution < 1.29 is 19.1 Å². The molecule has 1 unspecified atom stereocenters. The van der Waals surface area contributed by atoms with Crippen molar-refractivity contribution in [2.24, 2.45) is 5.92 Å². The number of anilines is 1. The number of benzene rings is 2. The summed E-state index contributed by atoms with van der Waals surface area (Å²) in [5.41, 5.74) is 1.66. The molecule has 2 aromatic rings. The van der Waals surface area contributed by atoms with Crippen LogP contribution in [0, 0.1) is 5.92 Å². The third-order valence-corrected chi connectivity index (χ3v) is 5.95. The highest BCUT2D eigenvalue weighted by Gasteiger charge is 2.37. The smallest absolute Gasteiger partial charge is 0.262 e. The Bertz CT molecular complexity index is 1010. The third-order valence-electron chi connectivity index (χ3n) is 5.95. The first-order valence-corrected chi connectivity index (χ1v) is 10.9. The van der Waals surface area contributed by atoms with Crippen molar-refractivity contribution in [2.45, 2.75) is 18.9 Å². The summed E-state index contributed by atoms with van der Waals surface area (Å²) in [4.78, 5) is 41.6. The zero-order chi connectivity index (χ0) is 22.5. The fourth-order valence-corrected chi connectivity index (χ4v) is 4.14. The van der Waals surface area contributed by atoms with Gasteiger partial charge in [-0.2, -0.15) is 0 Å². The minimum absolute atomic E-state index is 0.0263. The van der Waals surface area contributed by atoms with Gasteiger partial charge in [0.1, 0.15) is 5.75 Å². The second-order valence-electron chi connectivity index (χ2n) is 7.98. The predicted octanol–water partition coefficient (Wildman–Crippen LogP) is 2.48. The number of piperidine rings is 1. The van der Waals surface area contributed by atoms with Crippen LogP contribution in [-0.4, -0.2) is 55.4 Å². The fraction of sp³-hybridized carbons (Fsp3) is 0.320.